The van der Waals surface area contributed by atoms with E-state index in [4.69, 9.17) is 9.72 Å². The van der Waals surface area contributed by atoms with E-state index in [2.05, 4.69) is 81.5 Å². The topological polar surface area (TPSA) is 132 Å². The van der Waals surface area contributed by atoms with Crippen molar-refractivity contribution in [2.45, 2.75) is 126 Å². The quantitative estimate of drug-likeness (QED) is 0.140. The summed E-state index contributed by atoms with van der Waals surface area (Å²) >= 11 is 0. The van der Waals surface area contributed by atoms with Gasteiger partial charge in [0, 0.05) is 17.8 Å². The lowest BCUT2D eigenvalue weighted by molar-refractivity contribution is -0.135. The molecule has 312 valence electrons. The average Bonchev–Trinajstić information content (AvgIpc) is 4.13. The number of hydrogen-bond donors (Lipinski definition) is 4. The lowest BCUT2D eigenvalue weighted by Crippen LogP contribution is -2.60. The van der Waals surface area contributed by atoms with Crippen molar-refractivity contribution < 1.29 is 19.1 Å². The van der Waals surface area contributed by atoms with Crippen molar-refractivity contribution in [3.05, 3.63) is 82.3 Å². The fourth-order valence-electron chi connectivity index (χ4n) is 12.8. The van der Waals surface area contributed by atoms with Gasteiger partial charge in [0.25, 0.3) is 5.91 Å². The fourth-order valence-corrected chi connectivity index (χ4v) is 12.8. The molecule has 11 rings (SSSR count). The smallest absolute Gasteiger partial charge is 0.407 e. The lowest BCUT2D eigenvalue weighted by atomic mass is 9.77. The zero-order valence-electron chi connectivity index (χ0n) is 35.3. The number of carbonyl (C=O) groups is 3. The van der Waals surface area contributed by atoms with Crippen LogP contribution in [0.15, 0.2) is 48.7 Å². The van der Waals surface area contributed by atoms with E-state index in [0.29, 0.717) is 41.8 Å². The second-order valence-corrected chi connectivity index (χ2v) is 19.2. The number of anilines is 1. The van der Waals surface area contributed by atoms with Crippen molar-refractivity contribution in [1.82, 2.24) is 30.4 Å². The van der Waals surface area contributed by atoms with Crippen LogP contribution in [-0.4, -0.2) is 83.2 Å². The molecule has 8 unspecified atom stereocenters. The van der Waals surface area contributed by atoms with Gasteiger partial charge in [0.2, 0.25) is 5.91 Å². The maximum Gasteiger partial charge on any atom is 0.407 e. The summed E-state index contributed by atoms with van der Waals surface area (Å²) in [6, 6.07) is 15.3. The van der Waals surface area contributed by atoms with Crippen LogP contribution in [0.1, 0.15) is 146 Å². The average molecular weight is 808 g/mol. The summed E-state index contributed by atoms with van der Waals surface area (Å²) in [6.45, 7) is 5.51. The number of rotatable bonds is 8. The van der Waals surface area contributed by atoms with E-state index in [1.54, 1.807) is 16.7 Å². The molecule has 11 nitrogen and oxygen atoms in total. The molecule has 4 aliphatic carbocycles. The van der Waals surface area contributed by atoms with Gasteiger partial charge in [-0.05, 0) is 164 Å². The van der Waals surface area contributed by atoms with E-state index in [0.717, 1.165) is 42.9 Å². The number of H-pyrrole nitrogens is 1. The van der Waals surface area contributed by atoms with Gasteiger partial charge >= 0.3 is 6.09 Å². The van der Waals surface area contributed by atoms with Crippen LogP contribution in [0.5, 0.6) is 0 Å². The minimum Gasteiger partial charge on any atom is -0.453 e. The summed E-state index contributed by atoms with van der Waals surface area (Å²) in [5.74, 6) is 2.99. The van der Waals surface area contributed by atoms with Crippen LogP contribution in [0.25, 0.3) is 33.5 Å². The first kappa shape index (κ1) is 37.8. The molecule has 4 bridgehead atoms. The summed E-state index contributed by atoms with van der Waals surface area (Å²) in [5.41, 5.74) is 15.3. The van der Waals surface area contributed by atoms with E-state index in [9.17, 15) is 14.4 Å². The molecule has 3 aliphatic heterocycles. The van der Waals surface area contributed by atoms with Crippen LogP contribution in [0.2, 0.25) is 0 Å². The van der Waals surface area contributed by atoms with Gasteiger partial charge in [-0.15, -0.1) is 0 Å². The molecule has 1 aromatic heterocycles. The number of amides is 3. The molecule has 2 saturated heterocycles. The summed E-state index contributed by atoms with van der Waals surface area (Å²) in [5, 5.41) is 9.53. The second kappa shape index (κ2) is 14.5. The summed E-state index contributed by atoms with van der Waals surface area (Å²) < 4.78 is 4.81. The number of nitrogens with one attached hydrogen (secondary N) is 4. The molecule has 0 radical (unpaired) electrons. The van der Waals surface area contributed by atoms with Crippen molar-refractivity contribution in [3.63, 3.8) is 0 Å². The molecule has 11 heteroatoms. The van der Waals surface area contributed by atoms with Gasteiger partial charge in [-0.1, -0.05) is 44.2 Å². The largest absolute Gasteiger partial charge is 0.453 e. The molecule has 0 spiro atoms. The van der Waals surface area contributed by atoms with Crippen molar-refractivity contribution in [2.75, 3.05) is 32.6 Å². The Morgan fingerprint density at radius 3 is 2.07 bits per heavy atom. The molecule has 4 heterocycles. The molecular formula is C49H57N7O4. The van der Waals surface area contributed by atoms with E-state index < -0.39 is 18.3 Å². The van der Waals surface area contributed by atoms with Crippen molar-refractivity contribution in [3.8, 4) is 33.5 Å². The number of nitrogens with zero attached hydrogens (tertiary/aromatic N) is 3. The Morgan fingerprint density at radius 2 is 1.42 bits per heavy atom. The number of imidazole rings is 1. The highest BCUT2D eigenvalue weighted by molar-refractivity contribution is 6.03. The molecule has 8 atom stereocenters. The predicted molar refractivity (Wildman–Crippen MR) is 232 cm³/mol. The minimum absolute atomic E-state index is 0.127. The zero-order valence-corrected chi connectivity index (χ0v) is 35.3. The van der Waals surface area contributed by atoms with Gasteiger partial charge < -0.3 is 30.6 Å². The second-order valence-electron chi connectivity index (χ2n) is 19.2. The number of aromatic nitrogens is 2. The number of ether oxygens (including phenoxy) is 1. The lowest BCUT2D eigenvalue weighted by Gasteiger charge is -2.38. The highest BCUT2D eigenvalue weighted by Crippen LogP contribution is 2.62. The first-order valence-corrected chi connectivity index (χ1v) is 22.6. The highest BCUT2D eigenvalue weighted by atomic mass is 16.5. The highest BCUT2D eigenvalue weighted by Gasteiger charge is 2.45. The van der Waals surface area contributed by atoms with E-state index in [1.807, 2.05) is 18.7 Å². The Balaban J connectivity index is 0.905. The van der Waals surface area contributed by atoms with Gasteiger partial charge in [-0.3, -0.25) is 14.5 Å². The summed E-state index contributed by atoms with van der Waals surface area (Å²) in [6.07, 6.45) is 12.4. The van der Waals surface area contributed by atoms with Crippen LogP contribution in [-0.2, 0) is 9.53 Å². The van der Waals surface area contributed by atoms with Crippen LogP contribution in [0.4, 0.5) is 10.5 Å². The number of methoxy groups -OCH3 is 1. The van der Waals surface area contributed by atoms with E-state index in [-0.39, 0.29) is 23.8 Å². The van der Waals surface area contributed by atoms with Crippen molar-refractivity contribution in [2.24, 2.45) is 5.92 Å². The molecule has 4 aromatic rings. The first-order chi connectivity index (χ1) is 29.2. The normalized spacial score (nSPS) is 27.8. The SMILES string of the molecule is COC(=O)NC(C(=O)N1CCCC1C1NC(=O)c2cc(-c3ccc(-c4ccc(-c5cnc(C6CCCN6C)[nH]5)c5c4C4CCC5C4)c4c3C3CCC4C3)ccc2N1)C(C)C. The Hall–Kier alpha value is -5.16. The van der Waals surface area contributed by atoms with Gasteiger partial charge in [0.1, 0.15) is 18.0 Å². The molecule has 60 heavy (non-hydrogen) atoms. The molecule has 4 fully saturated rings. The summed E-state index contributed by atoms with van der Waals surface area (Å²) in [7, 11) is 3.51. The maximum atomic E-state index is 14.0. The summed E-state index contributed by atoms with van der Waals surface area (Å²) in [4.78, 5) is 52.9. The van der Waals surface area contributed by atoms with Gasteiger partial charge in [0.05, 0.1) is 36.6 Å². The monoisotopic (exact) mass is 807 g/mol. The maximum absolute atomic E-state index is 14.0. The van der Waals surface area contributed by atoms with Crippen LogP contribution >= 0.6 is 0 Å². The number of fused-ring (bicyclic) bond motifs is 11. The number of alkyl carbamates (subject to hydrolysis) is 1. The Morgan fingerprint density at radius 1 is 0.783 bits per heavy atom. The van der Waals surface area contributed by atoms with Crippen LogP contribution in [0.3, 0.4) is 0 Å². The van der Waals surface area contributed by atoms with Crippen molar-refractivity contribution >= 4 is 23.6 Å². The van der Waals surface area contributed by atoms with Gasteiger partial charge in [-0.2, -0.15) is 0 Å². The number of carbonyl (C=O) groups excluding carboxylic acids is 3. The Labute approximate surface area is 352 Å². The predicted octanol–water partition coefficient (Wildman–Crippen LogP) is 8.76. The van der Waals surface area contributed by atoms with Gasteiger partial charge in [-0.25, -0.2) is 9.78 Å². The number of likely N-dealkylation sites (tertiary alicyclic amines) is 2. The Kier molecular flexibility index (Phi) is 9.13. The minimum atomic E-state index is -0.717. The van der Waals surface area contributed by atoms with Gasteiger partial charge in [0.15, 0.2) is 0 Å². The third kappa shape index (κ3) is 5.92. The number of benzene rings is 3. The number of aromatic amines is 1. The fraction of sp³-hybridized carbons (Fsp3) is 0.510. The third-order valence-corrected chi connectivity index (χ3v) is 15.6. The first-order valence-electron chi connectivity index (χ1n) is 22.6. The molecular weight excluding hydrogens is 751 g/mol. The molecule has 7 aliphatic rings. The molecule has 3 amide bonds. The Bertz CT molecular complexity index is 2420. The number of hydrogen-bond acceptors (Lipinski definition) is 7. The van der Waals surface area contributed by atoms with E-state index >= 15 is 0 Å². The van der Waals surface area contributed by atoms with Crippen LogP contribution < -0.4 is 16.0 Å². The molecule has 2 saturated carbocycles. The third-order valence-electron chi connectivity index (χ3n) is 15.6. The standard InChI is InChI=1S/C49H57N7O4/c1-25(2)44(53-49(59)60-4)48(58)56-20-6-8-39(56)46-51-36-18-13-26(23-35(36)47(57)54-46)31-14-15-32(41-28-10-9-27(21-28)40(31)41)33-16-17-34(43-30-12-11-29(22-30)42(33)43)37-24-50-45(52-37)38-7-5-19-55(38)3/h13-18,23-25,27-30,38-39,44,46,51H,5-12,19-22H2,1-4H3,(H,50,52)(H,53,59)(H,54,57). The zero-order chi connectivity index (χ0) is 41.0. The van der Waals surface area contributed by atoms with E-state index in [1.165, 1.54) is 85.6 Å². The van der Waals surface area contributed by atoms with Crippen LogP contribution in [0, 0.1) is 5.92 Å². The molecule has 4 N–H and O–H groups in total. The molecule has 3 aromatic carbocycles. The van der Waals surface area contributed by atoms with Crippen molar-refractivity contribution in [1.29, 1.82) is 0 Å².